The van der Waals surface area contributed by atoms with Gasteiger partial charge in [-0.2, -0.15) is 0 Å². The minimum atomic E-state index is -0.681. The molecular weight excluding hydrogens is 516 g/mol. The minimum Gasteiger partial charge on any atom is -0.483 e. The van der Waals surface area contributed by atoms with Crippen LogP contribution in [0.25, 0.3) is 0 Å². The number of likely N-dealkylation sites (N-methyl/N-ethyl adjacent to an activating group) is 1. The summed E-state index contributed by atoms with van der Waals surface area (Å²) in [6, 6.07) is 22.9. The fourth-order valence-corrected chi connectivity index (χ4v) is 4.49. The number of carbonyl (C=O) groups is 2. The predicted octanol–water partition coefficient (Wildman–Crippen LogP) is 5.82. The Morgan fingerprint density at radius 2 is 1.67 bits per heavy atom. The summed E-state index contributed by atoms with van der Waals surface area (Å²) in [5, 5.41) is 2.74. The Balaban J connectivity index is 1.88. The first-order valence-electron chi connectivity index (χ1n) is 12.1. The summed E-state index contributed by atoms with van der Waals surface area (Å²) in [7, 11) is 1.60. The zero-order valence-electron chi connectivity index (χ0n) is 21.7. The largest absolute Gasteiger partial charge is 0.483 e. The van der Waals surface area contributed by atoms with Gasteiger partial charge in [-0.15, -0.1) is 0 Å². The first-order valence-corrected chi connectivity index (χ1v) is 12.9. The zero-order chi connectivity index (χ0) is 26.3. The van der Waals surface area contributed by atoms with Crippen molar-refractivity contribution in [3.63, 3.8) is 0 Å². The third-order valence-electron chi connectivity index (χ3n) is 6.27. The van der Waals surface area contributed by atoms with Crippen LogP contribution in [-0.4, -0.2) is 36.4 Å². The van der Waals surface area contributed by atoms with Gasteiger partial charge in [-0.05, 0) is 62.7 Å². The summed E-state index contributed by atoms with van der Waals surface area (Å²) < 4.78 is 6.75. The van der Waals surface area contributed by atoms with Gasteiger partial charge >= 0.3 is 0 Å². The van der Waals surface area contributed by atoms with Gasteiger partial charge in [0.1, 0.15) is 11.8 Å². The van der Waals surface area contributed by atoms with Crippen LogP contribution in [0.15, 0.2) is 77.3 Å². The van der Waals surface area contributed by atoms with Gasteiger partial charge in [-0.25, -0.2) is 0 Å². The number of aryl methyl sites for hydroxylation is 1. The van der Waals surface area contributed by atoms with Crippen molar-refractivity contribution < 1.29 is 14.3 Å². The van der Waals surface area contributed by atoms with E-state index in [0.29, 0.717) is 18.7 Å². The summed E-state index contributed by atoms with van der Waals surface area (Å²) in [4.78, 5) is 28.3. The molecule has 0 unspecified atom stereocenters. The van der Waals surface area contributed by atoms with E-state index in [1.54, 1.807) is 11.9 Å². The standard InChI is InChI=1S/C30H35BrN2O3/c1-21-11-9-10-14-23(21)19-33(26(29(35)32-5)17-22-12-7-6-8-13-22)28(34)20-36-27-16-15-24(18-25(27)31)30(2,3)4/h6-16,18,26H,17,19-20H2,1-5H3,(H,32,35)/t26-/m0/s1. The fourth-order valence-electron chi connectivity index (χ4n) is 4.00. The second-order valence-corrected chi connectivity index (χ2v) is 10.8. The van der Waals surface area contributed by atoms with E-state index < -0.39 is 6.04 Å². The van der Waals surface area contributed by atoms with Gasteiger partial charge in [0, 0.05) is 20.0 Å². The third kappa shape index (κ3) is 7.20. The van der Waals surface area contributed by atoms with Crippen LogP contribution in [0.2, 0.25) is 0 Å². The van der Waals surface area contributed by atoms with Gasteiger partial charge in [0.2, 0.25) is 5.91 Å². The molecule has 3 aromatic rings. The molecule has 0 aliphatic carbocycles. The van der Waals surface area contributed by atoms with Crippen LogP contribution in [0.1, 0.15) is 43.0 Å². The molecule has 5 nitrogen and oxygen atoms in total. The molecule has 36 heavy (non-hydrogen) atoms. The minimum absolute atomic E-state index is 0.000609. The summed E-state index contributed by atoms with van der Waals surface area (Å²) in [6.07, 6.45) is 0.405. The van der Waals surface area contributed by atoms with Crippen LogP contribution in [-0.2, 0) is 28.0 Å². The average Bonchev–Trinajstić information content (AvgIpc) is 2.85. The Labute approximate surface area is 223 Å². The molecule has 0 aliphatic heterocycles. The Morgan fingerprint density at radius 1 is 1.00 bits per heavy atom. The van der Waals surface area contributed by atoms with E-state index in [9.17, 15) is 9.59 Å². The number of nitrogens with zero attached hydrogens (tertiary/aromatic N) is 1. The molecule has 2 amide bonds. The molecule has 0 bridgehead atoms. The topological polar surface area (TPSA) is 58.6 Å². The number of halogens is 1. The lowest BCUT2D eigenvalue weighted by Crippen LogP contribution is -2.51. The van der Waals surface area contributed by atoms with E-state index in [-0.39, 0.29) is 23.8 Å². The van der Waals surface area contributed by atoms with E-state index in [4.69, 9.17) is 4.74 Å². The molecular formula is C30H35BrN2O3. The highest BCUT2D eigenvalue weighted by atomic mass is 79.9. The van der Waals surface area contributed by atoms with Gasteiger partial charge < -0.3 is 15.0 Å². The van der Waals surface area contributed by atoms with Gasteiger partial charge in [0.25, 0.3) is 5.91 Å². The number of hydrogen-bond acceptors (Lipinski definition) is 3. The van der Waals surface area contributed by atoms with Crippen LogP contribution < -0.4 is 10.1 Å². The Kier molecular flexibility index (Phi) is 9.32. The number of benzene rings is 3. The number of hydrogen-bond donors (Lipinski definition) is 1. The summed E-state index contributed by atoms with van der Waals surface area (Å²) >= 11 is 3.58. The molecule has 3 rings (SSSR count). The number of rotatable bonds is 9. The van der Waals surface area contributed by atoms with Gasteiger partial charge in [-0.3, -0.25) is 9.59 Å². The Hall–Kier alpha value is -3.12. The molecule has 0 fully saturated rings. The number of nitrogens with one attached hydrogen (secondary N) is 1. The highest BCUT2D eigenvalue weighted by Gasteiger charge is 2.30. The fraction of sp³-hybridized carbons (Fsp3) is 0.333. The highest BCUT2D eigenvalue weighted by molar-refractivity contribution is 9.10. The van der Waals surface area contributed by atoms with Crippen LogP contribution in [0.4, 0.5) is 0 Å². The number of carbonyl (C=O) groups excluding carboxylic acids is 2. The average molecular weight is 552 g/mol. The van der Waals surface area contributed by atoms with Gasteiger partial charge in [0.15, 0.2) is 6.61 Å². The van der Waals surface area contributed by atoms with Crippen molar-refractivity contribution in [1.29, 1.82) is 0 Å². The molecule has 190 valence electrons. The van der Waals surface area contributed by atoms with E-state index in [1.807, 2.05) is 79.7 Å². The predicted molar refractivity (Wildman–Crippen MR) is 148 cm³/mol. The van der Waals surface area contributed by atoms with Crippen molar-refractivity contribution >= 4 is 27.7 Å². The molecule has 0 aliphatic rings. The van der Waals surface area contributed by atoms with Crippen molar-refractivity contribution in [2.45, 2.75) is 52.1 Å². The lowest BCUT2D eigenvalue weighted by Gasteiger charge is -2.31. The van der Waals surface area contributed by atoms with Crippen LogP contribution >= 0.6 is 15.9 Å². The molecule has 0 spiro atoms. The smallest absolute Gasteiger partial charge is 0.261 e. The van der Waals surface area contributed by atoms with Crippen molar-refractivity contribution in [2.75, 3.05) is 13.7 Å². The second-order valence-electron chi connectivity index (χ2n) is 9.95. The molecule has 0 radical (unpaired) electrons. The Bertz CT molecular complexity index is 1190. The highest BCUT2D eigenvalue weighted by Crippen LogP contribution is 2.31. The van der Waals surface area contributed by atoms with Gasteiger partial charge in [-0.1, -0.05) is 81.4 Å². The van der Waals surface area contributed by atoms with Gasteiger partial charge in [0.05, 0.1) is 4.47 Å². The van der Waals surface area contributed by atoms with Crippen LogP contribution in [0, 0.1) is 6.92 Å². The number of amides is 2. The van der Waals surface area contributed by atoms with Crippen molar-refractivity contribution in [1.82, 2.24) is 10.2 Å². The van der Waals surface area contributed by atoms with Crippen molar-refractivity contribution in [3.8, 4) is 5.75 Å². The molecule has 6 heteroatoms. The van der Waals surface area contributed by atoms with E-state index in [0.717, 1.165) is 26.7 Å². The van der Waals surface area contributed by atoms with E-state index in [2.05, 4.69) is 42.0 Å². The molecule has 0 saturated carbocycles. The normalized spacial score (nSPS) is 12.1. The van der Waals surface area contributed by atoms with E-state index >= 15 is 0 Å². The maximum Gasteiger partial charge on any atom is 0.261 e. The van der Waals surface area contributed by atoms with Crippen molar-refractivity contribution in [3.05, 3.63) is 99.5 Å². The monoisotopic (exact) mass is 550 g/mol. The summed E-state index contributed by atoms with van der Waals surface area (Å²) in [5.41, 5.74) is 4.20. The maximum absolute atomic E-state index is 13.6. The first kappa shape index (κ1) is 27.5. The maximum atomic E-state index is 13.6. The van der Waals surface area contributed by atoms with E-state index in [1.165, 1.54) is 0 Å². The Morgan fingerprint density at radius 3 is 2.28 bits per heavy atom. The third-order valence-corrected chi connectivity index (χ3v) is 6.89. The number of ether oxygens (including phenoxy) is 1. The molecule has 1 atom stereocenters. The SMILES string of the molecule is CNC(=O)[C@H](Cc1ccccc1)N(Cc1ccccc1C)C(=O)COc1ccc(C(C)(C)C)cc1Br. The lowest BCUT2D eigenvalue weighted by atomic mass is 9.87. The van der Waals surface area contributed by atoms with Crippen molar-refractivity contribution in [2.24, 2.45) is 0 Å². The summed E-state index contributed by atoms with van der Waals surface area (Å²) in [6.45, 7) is 8.58. The molecule has 0 heterocycles. The zero-order valence-corrected chi connectivity index (χ0v) is 23.3. The quantitative estimate of drug-likeness (QED) is 0.365. The lowest BCUT2D eigenvalue weighted by molar-refractivity contribution is -0.142. The second kappa shape index (κ2) is 12.2. The molecule has 0 saturated heterocycles. The molecule has 0 aromatic heterocycles. The molecule has 3 aromatic carbocycles. The van der Waals surface area contributed by atoms with Crippen LogP contribution in [0.5, 0.6) is 5.75 Å². The first-order chi connectivity index (χ1) is 17.1. The summed E-state index contributed by atoms with van der Waals surface area (Å²) in [5.74, 6) is 0.123. The van der Waals surface area contributed by atoms with Crippen LogP contribution in [0.3, 0.4) is 0 Å². The molecule has 1 N–H and O–H groups in total.